The highest BCUT2D eigenvalue weighted by molar-refractivity contribution is 5.85. The first-order valence-corrected chi connectivity index (χ1v) is 7.29. The largest absolute Gasteiger partial charge is 0.493 e. The van der Waals surface area contributed by atoms with Crippen LogP contribution >= 0.6 is 12.4 Å². The van der Waals surface area contributed by atoms with Crippen LogP contribution in [0.2, 0.25) is 0 Å². The molecule has 0 aliphatic heterocycles. The molecule has 22 heavy (non-hydrogen) atoms. The molecule has 0 aliphatic carbocycles. The fourth-order valence-corrected chi connectivity index (χ4v) is 2.17. The van der Waals surface area contributed by atoms with Gasteiger partial charge in [0, 0.05) is 6.54 Å². The Morgan fingerprint density at radius 3 is 2.50 bits per heavy atom. The smallest absolute Gasteiger partial charge is 0.161 e. The topological polar surface area (TPSA) is 30.5 Å². The van der Waals surface area contributed by atoms with Crippen molar-refractivity contribution in [3.8, 4) is 11.5 Å². The molecule has 0 aromatic heterocycles. The lowest BCUT2D eigenvalue weighted by Crippen LogP contribution is -2.11. The van der Waals surface area contributed by atoms with E-state index in [0.29, 0.717) is 6.61 Å². The summed E-state index contributed by atoms with van der Waals surface area (Å²) >= 11 is 0. The van der Waals surface area contributed by atoms with Gasteiger partial charge in [0.15, 0.2) is 11.5 Å². The lowest BCUT2D eigenvalue weighted by Gasteiger charge is -2.13. The molecule has 0 spiro atoms. The lowest BCUT2D eigenvalue weighted by atomic mass is 10.1. The van der Waals surface area contributed by atoms with Crippen LogP contribution in [0.1, 0.15) is 23.6 Å². The number of aryl methyl sites for hydroxylation is 1. The molecule has 0 saturated carbocycles. The van der Waals surface area contributed by atoms with Crippen molar-refractivity contribution in [2.45, 2.75) is 27.0 Å². The number of hydrogen-bond acceptors (Lipinski definition) is 3. The van der Waals surface area contributed by atoms with Crippen molar-refractivity contribution in [3.05, 3.63) is 59.2 Å². The summed E-state index contributed by atoms with van der Waals surface area (Å²) in [5, 5.41) is 3.30. The van der Waals surface area contributed by atoms with E-state index in [1.165, 1.54) is 11.1 Å². The normalized spacial score (nSPS) is 9.95. The summed E-state index contributed by atoms with van der Waals surface area (Å²) in [4.78, 5) is 0. The minimum atomic E-state index is 0. The van der Waals surface area contributed by atoms with Crippen LogP contribution in [0.5, 0.6) is 11.5 Å². The zero-order chi connectivity index (χ0) is 15.1. The van der Waals surface area contributed by atoms with Crippen molar-refractivity contribution in [3.63, 3.8) is 0 Å². The van der Waals surface area contributed by atoms with E-state index in [1.807, 2.05) is 18.2 Å². The van der Waals surface area contributed by atoms with Crippen molar-refractivity contribution >= 4 is 12.4 Å². The van der Waals surface area contributed by atoms with Gasteiger partial charge in [-0.05, 0) is 36.7 Å². The number of hydrogen-bond donors (Lipinski definition) is 1. The monoisotopic (exact) mass is 321 g/mol. The molecule has 4 heteroatoms. The Morgan fingerprint density at radius 1 is 1.00 bits per heavy atom. The Kier molecular flexibility index (Phi) is 7.78. The molecule has 0 amide bonds. The predicted octanol–water partition coefficient (Wildman–Crippen LogP) is 4.11. The maximum Gasteiger partial charge on any atom is 0.161 e. The lowest BCUT2D eigenvalue weighted by molar-refractivity contribution is 0.284. The average Bonchev–Trinajstić information content (AvgIpc) is 2.51. The van der Waals surface area contributed by atoms with Gasteiger partial charge in [0.25, 0.3) is 0 Å². The maximum absolute atomic E-state index is 5.88. The van der Waals surface area contributed by atoms with Gasteiger partial charge in [-0.25, -0.2) is 0 Å². The van der Waals surface area contributed by atoms with Crippen molar-refractivity contribution in [1.82, 2.24) is 5.32 Å². The van der Waals surface area contributed by atoms with Gasteiger partial charge in [0.05, 0.1) is 7.11 Å². The van der Waals surface area contributed by atoms with Crippen LogP contribution in [0, 0.1) is 6.92 Å². The minimum absolute atomic E-state index is 0. The summed E-state index contributed by atoms with van der Waals surface area (Å²) in [6.45, 7) is 6.51. The molecule has 0 bridgehead atoms. The zero-order valence-electron chi connectivity index (χ0n) is 13.4. The summed E-state index contributed by atoms with van der Waals surface area (Å²) in [5.41, 5.74) is 3.59. The van der Waals surface area contributed by atoms with E-state index in [1.54, 1.807) is 7.11 Å². The number of ether oxygens (including phenoxy) is 2. The van der Waals surface area contributed by atoms with E-state index >= 15 is 0 Å². The summed E-state index contributed by atoms with van der Waals surface area (Å²) in [5.74, 6) is 1.55. The summed E-state index contributed by atoms with van der Waals surface area (Å²) in [7, 11) is 1.67. The first-order chi connectivity index (χ1) is 10.2. The van der Waals surface area contributed by atoms with E-state index in [0.717, 1.165) is 30.2 Å². The van der Waals surface area contributed by atoms with Crippen molar-refractivity contribution in [1.29, 1.82) is 0 Å². The Labute approximate surface area is 139 Å². The van der Waals surface area contributed by atoms with Gasteiger partial charge in [0.2, 0.25) is 0 Å². The highest BCUT2D eigenvalue weighted by Gasteiger charge is 2.06. The van der Waals surface area contributed by atoms with Gasteiger partial charge in [-0.3, -0.25) is 0 Å². The molecule has 0 fully saturated rings. The molecule has 3 nitrogen and oxygen atoms in total. The van der Waals surface area contributed by atoms with Crippen molar-refractivity contribution in [2.75, 3.05) is 13.7 Å². The predicted molar refractivity (Wildman–Crippen MR) is 93.1 cm³/mol. The van der Waals surface area contributed by atoms with E-state index in [2.05, 4.69) is 43.4 Å². The zero-order valence-corrected chi connectivity index (χ0v) is 14.2. The van der Waals surface area contributed by atoms with E-state index in [-0.39, 0.29) is 12.4 Å². The first-order valence-electron chi connectivity index (χ1n) is 7.29. The molecule has 0 heterocycles. The minimum Gasteiger partial charge on any atom is -0.493 e. The fourth-order valence-electron chi connectivity index (χ4n) is 2.17. The molecular weight excluding hydrogens is 298 g/mol. The first kappa shape index (κ1) is 18.3. The molecular formula is C18H24ClNO2. The number of benzene rings is 2. The second-order valence-electron chi connectivity index (χ2n) is 5.04. The van der Waals surface area contributed by atoms with E-state index in [9.17, 15) is 0 Å². The molecule has 0 saturated heterocycles. The fraction of sp³-hybridized carbons (Fsp3) is 0.333. The SMILES string of the molecule is CCNCc1ccc(OCc2cccc(C)c2)c(OC)c1.Cl. The van der Waals surface area contributed by atoms with Gasteiger partial charge in [0.1, 0.15) is 6.61 Å². The Hall–Kier alpha value is -1.71. The van der Waals surface area contributed by atoms with Crippen LogP contribution in [0.15, 0.2) is 42.5 Å². The quantitative estimate of drug-likeness (QED) is 0.832. The summed E-state index contributed by atoms with van der Waals surface area (Å²) < 4.78 is 11.3. The van der Waals surface area contributed by atoms with Crippen LogP contribution in [-0.4, -0.2) is 13.7 Å². The third kappa shape index (κ3) is 5.24. The second kappa shape index (κ2) is 9.34. The highest BCUT2D eigenvalue weighted by atomic mass is 35.5. The molecule has 2 aromatic rings. The Morgan fingerprint density at radius 2 is 1.82 bits per heavy atom. The molecule has 1 N–H and O–H groups in total. The summed E-state index contributed by atoms with van der Waals surface area (Å²) in [6, 6.07) is 14.4. The number of nitrogens with one attached hydrogen (secondary N) is 1. The van der Waals surface area contributed by atoms with Crippen molar-refractivity contribution < 1.29 is 9.47 Å². The number of methoxy groups -OCH3 is 1. The Balaban J connectivity index is 0.00000242. The highest BCUT2D eigenvalue weighted by Crippen LogP contribution is 2.28. The number of rotatable bonds is 7. The average molecular weight is 322 g/mol. The van der Waals surface area contributed by atoms with Crippen molar-refractivity contribution in [2.24, 2.45) is 0 Å². The molecule has 0 unspecified atom stereocenters. The molecule has 0 radical (unpaired) electrons. The standard InChI is InChI=1S/C18H23NO2.ClH/c1-4-19-12-15-8-9-17(18(11-15)20-3)21-13-16-7-5-6-14(2)10-16;/h5-11,19H,4,12-13H2,1-3H3;1H. The molecule has 120 valence electrons. The molecule has 0 aliphatic rings. The van der Waals surface area contributed by atoms with Crippen LogP contribution in [-0.2, 0) is 13.2 Å². The van der Waals surface area contributed by atoms with E-state index < -0.39 is 0 Å². The van der Waals surface area contributed by atoms with Gasteiger partial charge >= 0.3 is 0 Å². The molecule has 2 aromatic carbocycles. The van der Waals surface area contributed by atoms with Gasteiger partial charge in [-0.2, -0.15) is 0 Å². The van der Waals surface area contributed by atoms with Gasteiger partial charge < -0.3 is 14.8 Å². The van der Waals surface area contributed by atoms with Crippen LogP contribution in [0.4, 0.5) is 0 Å². The van der Waals surface area contributed by atoms with Crippen LogP contribution in [0.25, 0.3) is 0 Å². The maximum atomic E-state index is 5.88. The second-order valence-corrected chi connectivity index (χ2v) is 5.04. The van der Waals surface area contributed by atoms with Crippen LogP contribution < -0.4 is 14.8 Å². The van der Waals surface area contributed by atoms with Gasteiger partial charge in [-0.15, -0.1) is 12.4 Å². The third-order valence-electron chi connectivity index (χ3n) is 3.28. The van der Waals surface area contributed by atoms with Gasteiger partial charge in [-0.1, -0.05) is 42.8 Å². The molecule has 2 rings (SSSR count). The third-order valence-corrected chi connectivity index (χ3v) is 3.28. The molecule has 0 atom stereocenters. The number of halogens is 1. The van der Waals surface area contributed by atoms with Crippen LogP contribution in [0.3, 0.4) is 0 Å². The van der Waals surface area contributed by atoms with E-state index in [4.69, 9.17) is 9.47 Å². The Bertz CT molecular complexity index is 587. The summed E-state index contributed by atoms with van der Waals surface area (Å²) in [6.07, 6.45) is 0.